The van der Waals surface area contributed by atoms with Gasteiger partial charge in [0.25, 0.3) is 0 Å². The number of carbonyl (C=O) groups is 1. The maximum absolute atomic E-state index is 13.2. The van der Waals surface area contributed by atoms with E-state index in [9.17, 15) is 4.79 Å². The maximum Gasteiger partial charge on any atom is 0.315 e. The Hall–Kier alpha value is -1.48. The number of carbonyl (C=O) groups excluding carboxylic acids is 1. The van der Waals surface area contributed by atoms with Gasteiger partial charge in [-0.15, -0.1) is 0 Å². The van der Waals surface area contributed by atoms with Gasteiger partial charge in [0.05, 0.1) is 12.5 Å². The zero-order valence-electron chi connectivity index (χ0n) is 15.5. The molecule has 26 heavy (non-hydrogen) atoms. The van der Waals surface area contributed by atoms with Crippen LogP contribution < -0.4 is 4.74 Å². The number of fused-ring (bicyclic) bond motifs is 2. The predicted octanol–water partition coefficient (Wildman–Crippen LogP) is 4.83. The Kier molecular flexibility index (Phi) is 3.12. The summed E-state index contributed by atoms with van der Waals surface area (Å²) in [7, 11) is 1.68. The number of halogens is 1. The second-order valence-electron chi connectivity index (χ2n) is 8.89. The van der Waals surface area contributed by atoms with Crippen LogP contribution in [0.4, 0.5) is 0 Å². The summed E-state index contributed by atoms with van der Waals surface area (Å²) >= 11 is 6.67. The van der Waals surface area contributed by atoms with Crippen molar-refractivity contribution in [3.8, 4) is 5.75 Å². The van der Waals surface area contributed by atoms with Crippen molar-refractivity contribution in [3.63, 3.8) is 0 Å². The lowest BCUT2D eigenvalue weighted by Gasteiger charge is -2.52. The molecule has 3 aliphatic carbocycles. The smallest absolute Gasteiger partial charge is 0.315 e. The normalized spacial score (nSPS) is 48.2. The number of allylic oxidation sites excluding steroid dienone is 2. The molecule has 0 unspecified atom stereocenters. The third kappa shape index (κ3) is 1.43. The quantitative estimate of drug-likeness (QED) is 0.424. The minimum absolute atomic E-state index is 0.0153. The summed E-state index contributed by atoms with van der Waals surface area (Å²) < 4.78 is 11.0. The molecule has 0 spiro atoms. The van der Waals surface area contributed by atoms with Gasteiger partial charge in [-0.3, -0.25) is 4.79 Å². The number of benzene rings is 1. The standard InChI is InChI=1S/C22H25ClO3/c1-19-10-4-5-11-21(19)12-13-22(19,14-6-8-15(25-3)9-7-14)20(2)16(21)17(23)26-18(20)24/h6-9,12-13,16-17H,4-5,10-11H2,1-3H3/t16-,17+,19-,20-,21+,22-/m0/s1. The Balaban J connectivity index is 1.82. The monoisotopic (exact) mass is 372 g/mol. The van der Waals surface area contributed by atoms with Crippen LogP contribution in [0.2, 0.25) is 0 Å². The van der Waals surface area contributed by atoms with E-state index >= 15 is 0 Å². The van der Waals surface area contributed by atoms with E-state index in [-0.39, 0.29) is 22.7 Å². The van der Waals surface area contributed by atoms with Gasteiger partial charge in [0.15, 0.2) is 5.56 Å². The lowest BCUT2D eigenvalue weighted by Crippen LogP contribution is -2.51. The van der Waals surface area contributed by atoms with Crippen LogP contribution >= 0.6 is 11.6 Å². The van der Waals surface area contributed by atoms with E-state index in [1.165, 1.54) is 18.4 Å². The van der Waals surface area contributed by atoms with Crippen LogP contribution in [0.1, 0.15) is 45.1 Å². The molecule has 1 heterocycles. The zero-order valence-corrected chi connectivity index (χ0v) is 16.3. The van der Waals surface area contributed by atoms with Gasteiger partial charge < -0.3 is 9.47 Å². The van der Waals surface area contributed by atoms with Crippen LogP contribution in [-0.2, 0) is 14.9 Å². The number of cyclic esters (lactones) is 1. The van der Waals surface area contributed by atoms with Gasteiger partial charge in [0.1, 0.15) is 5.75 Å². The molecule has 2 bridgehead atoms. The van der Waals surface area contributed by atoms with Crippen molar-refractivity contribution in [1.82, 2.24) is 0 Å². The highest BCUT2D eigenvalue weighted by molar-refractivity contribution is 6.21. The fraction of sp³-hybridized carbons (Fsp3) is 0.591. The van der Waals surface area contributed by atoms with E-state index in [1.807, 2.05) is 12.1 Å². The number of rotatable bonds is 2. The first-order valence-corrected chi connectivity index (χ1v) is 10.0. The molecule has 5 rings (SSSR count). The first-order valence-electron chi connectivity index (χ1n) is 9.57. The van der Waals surface area contributed by atoms with Crippen molar-refractivity contribution in [2.24, 2.45) is 22.2 Å². The van der Waals surface area contributed by atoms with E-state index in [0.717, 1.165) is 18.6 Å². The second kappa shape index (κ2) is 4.86. The Morgan fingerprint density at radius 2 is 1.81 bits per heavy atom. The molecule has 4 aliphatic rings. The molecule has 1 aromatic rings. The maximum atomic E-state index is 13.2. The van der Waals surface area contributed by atoms with Crippen LogP contribution in [-0.4, -0.2) is 18.6 Å². The van der Waals surface area contributed by atoms with Crippen LogP contribution in [0.3, 0.4) is 0 Å². The van der Waals surface area contributed by atoms with E-state index in [2.05, 4.69) is 38.1 Å². The lowest BCUT2D eigenvalue weighted by atomic mass is 9.51. The minimum atomic E-state index is -0.637. The predicted molar refractivity (Wildman–Crippen MR) is 100 cm³/mol. The van der Waals surface area contributed by atoms with E-state index < -0.39 is 16.4 Å². The molecule has 3 fully saturated rings. The molecule has 0 N–H and O–H groups in total. The van der Waals surface area contributed by atoms with Crippen LogP contribution in [0, 0.1) is 22.2 Å². The first-order chi connectivity index (χ1) is 12.4. The molecule has 1 aromatic carbocycles. The molecule has 138 valence electrons. The number of alkyl halides is 1. The highest BCUT2D eigenvalue weighted by Gasteiger charge is 2.85. The zero-order chi connectivity index (χ0) is 18.4. The number of methoxy groups -OCH3 is 1. The van der Waals surface area contributed by atoms with Crippen molar-refractivity contribution < 1.29 is 14.3 Å². The largest absolute Gasteiger partial charge is 0.497 e. The SMILES string of the molecule is COc1ccc([C@@]23C=C[C@]4(CCCC[C@]24C)[C@H]2[C@H](Cl)OC(=O)[C@]23C)cc1. The van der Waals surface area contributed by atoms with Gasteiger partial charge in [-0.25, -0.2) is 0 Å². The summed E-state index contributed by atoms with van der Waals surface area (Å²) in [5, 5.41) is 0. The number of esters is 1. The number of hydrogen-bond donors (Lipinski definition) is 0. The van der Waals surface area contributed by atoms with Gasteiger partial charge in [0.2, 0.25) is 0 Å². The van der Waals surface area contributed by atoms with E-state index in [0.29, 0.717) is 0 Å². The summed E-state index contributed by atoms with van der Waals surface area (Å²) in [4.78, 5) is 13.2. The Labute approximate surface area is 159 Å². The van der Waals surface area contributed by atoms with Crippen molar-refractivity contribution >= 4 is 17.6 Å². The summed E-state index contributed by atoms with van der Waals surface area (Å²) in [5.74, 6) is 0.704. The van der Waals surface area contributed by atoms with Gasteiger partial charge in [-0.2, -0.15) is 0 Å². The fourth-order valence-corrected chi connectivity index (χ4v) is 8.01. The molecule has 0 aromatic heterocycles. The average molecular weight is 373 g/mol. The third-order valence-electron chi connectivity index (χ3n) is 8.49. The molecule has 6 atom stereocenters. The fourth-order valence-electron chi connectivity index (χ4n) is 7.45. The Morgan fingerprint density at radius 3 is 2.50 bits per heavy atom. The lowest BCUT2D eigenvalue weighted by molar-refractivity contribution is -0.150. The van der Waals surface area contributed by atoms with Gasteiger partial charge in [-0.05, 0) is 42.9 Å². The second-order valence-corrected chi connectivity index (χ2v) is 9.32. The van der Waals surface area contributed by atoms with Gasteiger partial charge in [-0.1, -0.05) is 55.7 Å². The van der Waals surface area contributed by atoms with E-state index in [4.69, 9.17) is 21.1 Å². The van der Waals surface area contributed by atoms with Crippen LogP contribution in [0.15, 0.2) is 36.4 Å². The summed E-state index contributed by atoms with van der Waals surface area (Å²) in [6.07, 6.45) is 9.28. The molecule has 1 aliphatic heterocycles. The Bertz CT molecular complexity index is 817. The van der Waals surface area contributed by atoms with Crippen LogP contribution in [0.5, 0.6) is 5.75 Å². The first kappa shape index (κ1) is 16.7. The van der Waals surface area contributed by atoms with Crippen molar-refractivity contribution in [2.45, 2.75) is 50.5 Å². The third-order valence-corrected chi connectivity index (χ3v) is 8.83. The van der Waals surface area contributed by atoms with Crippen molar-refractivity contribution in [3.05, 3.63) is 42.0 Å². The summed E-state index contributed by atoms with van der Waals surface area (Å²) in [5.41, 5.74) is -0.499. The highest BCUT2D eigenvalue weighted by atomic mass is 35.5. The van der Waals surface area contributed by atoms with Crippen molar-refractivity contribution in [1.29, 1.82) is 0 Å². The minimum Gasteiger partial charge on any atom is -0.497 e. The molecular formula is C22H25ClO3. The number of ether oxygens (including phenoxy) is 2. The molecule has 0 radical (unpaired) electrons. The van der Waals surface area contributed by atoms with E-state index in [1.54, 1.807) is 7.11 Å². The molecular weight excluding hydrogens is 348 g/mol. The topological polar surface area (TPSA) is 35.5 Å². The molecule has 4 heteroatoms. The summed E-state index contributed by atoms with van der Waals surface area (Å²) in [6, 6.07) is 8.25. The molecule has 0 amide bonds. The van der Waals surface area contributed by atoms with Crippen LogP contribution in [0.25, 0.3) is 0 Å². The molecule has 2 saturated carbocycles. The highest BCUT2D eigenvalue weighted by Crippen LogP contribution is 2.84. The molecule has 3 nitrogen and oxygen atoms in total. The average Bonchev–Trinajstić information content (AvgIpc) is 3.11. The summed E-state index contributed by atoms with van der Waals surface area (Å²) in [6.45, 7) is 4.48. The molecule has 1 saturated heterocycles. The number of hydrogen-bond acceptors (Lipinski definition) is 3. The Morgan fingerprint density at radius 1 is 1.12 bits per heavy atom. The van der Waals surface area contributed by atoms with Gasteiger partial charge >= 0.3 is 5.97 Å². The van der Waals surface area contributed by atoms with Crippen molar-refractivity contribution in [2.75, 3.05) is 7.11 Å². The van der Waals surface area contributed by atoms with Gasteiger partial charge in [0, 0.05) is 16.7 Å².